The van der Waals surface area contributed by atoms with Crippen LogP contribution in [0.25, 0.3) is 0 Å². The Morgan fingerprint density at radius 3 is 2.19 bits per heavy atom. The van der Waals surface area contributed by atoms with Gasteiger partial charge in [-0.15, -0.1) is 0 Å². The summed E-state index contributed by atoms with van der Waals surface area (Å²) in [5.74, 6) is -0.329. The Hall–Kier alpha value is -3.47. The van der Waals surface area contributed by atoms with Gasteiger partial charge in [-0.25, -0.2) is 4.39 Å². The second-order valence-electron chi connectivity index (χ2n) is 7.83. The first kappa shape index (κ1) is 20.8. The summed E-state index contributed by atoms with van der Waals surface area (Å²) in [6, 6.07) is 22.8. The van der Waals surface area contributed by atoms with Crippen molar-refractivity contribution >= 4 is 17.5 Å². The topological polar surface area (TPSA) is 40.6 Å². The van der Waals surface area contributed by atoms with E-state index in [9.17, 15) is 14.0 Å². The monoisotopic (exact) mass is 416 g/mol. The third-order valence-corrected chi connectivity index (χ3v) is 5.76. The summed E-state index contributed by atoms with van der Waals surface area (Å²) in [4.78, 5) is 29.0. The molecular weight excluding hydrogens is 391 g/mol. The van der Waals surface area contributed by atoms with Gasteiger partial charge in [-0.05, 0) is 60.4 Å². The van der Waals surface area contributed by atoms with Crippen LogP contribution in [0.4, 0.5) is 10.1 Å². The molecule has 0 saturated carbocycles. The molecular formula is C26H25FN2O2. The van der Waals surface area contributed by atoms with Crippen LogP contribution in [0.15, 0.2) is 78.9 Å². The number of hydrogen-bond donors (Lipinski definition) is 0. The molecule has 0 radical (unpaired) electrons. The molecule has 4 nitrogen and oxygen atoms in total. The van der Waals surface area contributed by atoms with Gasteiger partial charge >= 0.3 is 0 Å². The predicted molar refractivity (Wildman–Crippen MR) is 119 cm³/mol. The SMILES string of the molecule is CN(C(=O)c1ccc(N2CCCCC2=O)cc1)C(c1ccccc1)c1ccc(F)cc1. The van der Waals surface area contributed by atoms with E-state index in [0.717, 1.165) is 29.7 Å². The van der Waals surface area contributed by atoms with Crippen molar-refractivity contribution < 1.29 is 14.0 Å². The van der Waals surface area contributed by atoms with Crippen LogP contribution in [0.3, 0.4) is 0 Å². The number of nitrogens with zero attached hydrogens (tertiary/aromatic N) is 2. The fourth-order valence-electron chi connectivity index (χ4n) is 4.10. The number of piperidine rings is 1. The second-order valence-corrected chi connectivity index (χ2v) is 7.83. The van der Waals surface area contributed by atoms with Gasteiger partial charge in [0.2, 0.25) is 5.91 Å². The van der Waals surface area contributed by atoms with E-state index in [1.807, 2.05) is 42.5 Å². The molecule has 1 heterocycles. The molecule has 0 bridgehead atoms. The number of anilines is 1. The molecule has 2 amide bonds. The van der Waals surface area contributed by atoms with Crippen molar-refractivity contribution in [1.82, 2.24) is 4.90 Å². The summed E-state index contributed by atoms with van der Waals surface area (Å²) in [6.07, 6.45) is 2.49. The van der Waals surface area contributed by atoms with Crippen LogP contribution in [-0.2, 0) is 4.79 Å². The summed E-state index contributed by atoms with van der Waals surface area (Å²) in [5, 5.41) is 0. The minimum atomic E-state index is -0.349. The van der Waals surface area contributed by atoms with E-state index in [1.54, 1.807) is 41.1 Å². The zero-order valence-corrected chi connectivity index (χ0v) is 17.5. The van der Waals surface area contributed by atoms with Crippen molar-refractivity contribution in [2.45, 2.75) is 25.3 Å². The number of benzene rings is 3. The molecule has 4 rings (SSSR count). The lowest BCUT2D eigenvalue weighted by atomic mass is 9.96. The lowest BCUT2D eigenvalue weighted by molar-refractivity contribution is -0.119. The Labute approximate surface area is 181 Å². The van der Waals surface area contributed by atoms with Crippen molar-refractivity contribution in [3.8, 4) is 0 Å². The van der Waals surface area contributed by atoms with Gasteiger partial charge in [0.05, 0.1) is 6.04 Å². The van der Waals surface area contributed by atoms with Crippen LogP contribution in [0.5, 0.6) is 0 Å². The average molecular weight is 416 g/mol. The van der Waals surface area contributed by atoms with Crippen molar-refractivity contribution in [2.75, 3.05) is 18.5 Å². The van der Waals surface area contributed by atoms with E-state index in [4.69, 9.17) is 0 Å². The molecule has 3 aromatic carbocycles. The highest BCUT2D eigenvalue weighted by Gasteiger charge is 2.25. The first-order valence-electron chi connectivity index (χ1n) is 10.5. The zero-order valence-electron chi connectivity index (χ0n) is 17.5. The van der Waals surface area contributed by atoms with Gasteiger partial charge < -0.3 is 9.80 Å². The molecule has 0 aliphatic carbocycles. The van der Waals surface area contributed by atoms with Gasteiger partial charge in [-0.1, -0.05) is 42.5 Å². The Balaban J connectivity index is 1.61. The summed E-state index contributed by atoms with van der Waals surface area (Å²) in [7, 11) is 1.76. The van der Waals surface area contributed by atoms with Gasteiger partial charge in [-0.3, -0.25) is 9.59 Å². The van der Waals surface area contributed by atoms with E-state index < -0.39 is 0 Å². The maximum atomic E-state index is 13.5. The molecule has 158 valence electrons. The maximum Gasteiger partial charge on any atom is 0.254 e. The summed E-state index contributed by atoms with van der Waals surface area (Å²) < 4.78 is 13.5. The molecule has 1 unspecified atom stereocenters. The zero-order chi connectivity index (χ0) is 21.8. The molecule has 31 heavy (non-hydrogen) atoms. The van der Waals surface area contributed by atoms with Crippen LogP contribution < -0.4 is 4.90 Å². The first-order chi connectivity index (χ1) is 15.0. The number of carbonyl (C=O) groups excluding carboxylic acids is 2. The summed E-state index contributed by atoms with van der Waals surface area (Å²) in [6.45, 7) is 0.715. The van der Waals surface area contributed by atoms with E-state index >= 15 is 0 Å². The Kier molecular flexibility index (Phi) is 6.12. The van der Waals surface area contributed by atoms with Crippen LogP contribution in [-0.4, -0.2) is 30.3 Å². The minimum absolute atomic E-state index is 0.128. The van der Waals surface area contributed by atoms with E-state index in [2.05, 4.69) is 0 Å². The van der Waals surface area contributed by atoms with Gasteiger partial charge in [0.15, 0.2) is 0 Å². The molecule has 5 heteroatoms. The van der Waals surface area contributed by atoms with Crippen molar-refractivity contribution in [1.29, 1.82) is 0 Å². The molecule has 1 aliphatic heterocycles. The molecule has 3 aromatic rings. The molecule has 1 aliphatic rings. The highest BCUT2D eigenvalue weighted by atomic mass is 19.1. The molecule has 1 fully saturated rings. The van der Waals surface area contributed by atoms with Crippen molar-refractivity contribution in [3.63, 3.8) is 0 Å². The van der Waals surface area contributed by atoms with E-state index in [-0.39, 0.29) is 23.7 Å². The van der Waals surface area contributed by atoms with Gasteiger partial charge in [0, 0.05) is 31.3 Å². The van der Waals surface area contributed by atoms with Gasteiger partial charge in [0.1, 0.15) is 5.82 Å². The minimum Gasteiger partial charge on any atom is -0.331 e. The lowest BCUT2D eigenvalue weighted by Crippen LogP contribution is -2.35. The van der Waals surface area contributed by atoms with Crippen LogP contribution in [0.2, 0.25) is 0 Å². The fourth-order valence-corrected chi connectivity index (χ4v) is 4.10. The molecule has 1 saturated heterocycles. The van der Waals surface area contributed by atoms with E-state index in [1.165, 1.54) is 12.1 Å². The predicted octanol–water partition coefficient (Wildman–Crippen LogP) is 5.20. The third kappa shape index (κ3) is 4.50. The van der Waals surface area contributed by atoms with Gasteiger partial charge in [0.25, 0.3) is 5.91 Å². The first-order valence-corrected chi connectivity index (χ1v) is 10.5. The van der Waals surface area contributed by atoms with Crippen molar-refractivity contribution in [3.05, 3.63) is 101 Å². The quantitative estimate of drug-likeness (QED) is 0.573. The number of amides is 2. The highest BCUT2D eigenvalue weighted by molar-refractivity contribution is 5.97. The molecule has 0 aromatic heterocycles. The number of carbonyl (C=O) groups is 2. The summed E-state index contributed by atoms with van der Waals surface area (Å²) >= 11 is 0. The van der Waals surface area contributed by atoms with Crippen LogP contribution >= 0.6 is 0 Å². The largest absolute Gasteiger partial charge is 0.331 e. The fraction of sp³-hybridized carbons (Fsp3) is 0.231. The number of halogens is 1. The summed E-state index contributed by atoms with van der Waals surface area (Å²) in [5.41, 5.74) is 3.14. The van der Waals surface area contributed by atoms with Crippen molar-refractivity contribution in [2.24, 2.45) is 0 Å². The van der Waals surface area contributed by atoms with Crippen LogP contribution in [0, 0.1) is 5.82 Å². The Morgan fingerprint density at radius 1 is 0.903 bits per heavy atom. The highest BCUT2D eigenvalue weighted by Crippen LogP contribution is 2.29. The smallest absolute Gasteiger partial charge is 0.254 e. The lowest BCUT2D eigenvalue weighted by Gasteiger charge is -2.30. The standard InChI is InChI=1S/C26H25FN2O2/c1-28(25(19-7-3-2-4-8-19)20-10-14-22(27)15-11-20)26(31)21-12-16-23(17-13-21)29-18-6-5-9-24(29)30/h2-4,7-8,10-17,25H,5-6,9,18H2,1H3. The average Bonchev–Trinajstić information content (AvgIpc) is 2.81. The maximum absolute atomic E-state index is 13.5. The van der Waals surface area contributed by atoms with Gasteiger partial charge in [-0.2, -0.15) is 0 Å². The Morgan fingerprint density at radius 2 is 1.55 bits per heavy atom. The Bertz CT molecular complexity index is 1050. The number of rotatable bonds is 5. The molecule has 0 N–H and O–H groups in total. The second kappa shape index (κ2) is 9.13. The molecule has 1 atom stereocenters. The molecule has 0 spiro atoms. The number of hydrogen-bond acceptors (Lipinski definition) is 2. The van der Waals surface area contributed by atoms with Crippen LogP contribution in [0.1, 0.15) is 46.8 Å². The third-order valence-electron chi connectivity index (χ3n) is 5.76. The van der Waals surface area contributed by atoms with E-state index in [0.29, 0.717) is 18.5 Å². The normalized spacial score (nSPS) is 14.9.